The first kappa shape index (κ1) is 13.2. The lowest BCUT2D eigenvalue weighted by Crippen LogP contribution is -2.19. The van der Waals surface area contributed by atoms with E-state index in [-0.39, 0.29) is 5.25 Å². The van der Waals surface area contributed by atoms with Crippen molar-refractivity contribution in [2.75, 3.05) is 12.9 Å². The number of para-hydroxylation sites is 1. The molecule has 0 aliphatic rings. The Balaban J connectivity index is 2.79. The Kier molecular flexibility index (Phi) is 4.53. The Morgan fingerprint density at radius 3 is 2.50 bits per heavy atom. The van der Waals surface area contributed by atoms with Crippen LogP contribution in [0.4, 0.5) is 13.2 Å². The number of ether oxygens (including phenoxy) is 1. The number of halogens is 3. The summed E-state index contributed by atoms with van der Waals surface area (Å²) in [5, 5.41) is 0.115. The molecule has 0 amide bonds. The minimum atomic E-state index is -4.30. The Morgan fingerprint density at radius 2 is 1.94 bits per heavy atom. The summed E-state index contributed by atoms with van der Waals surface area (Å²) in [6, 6.07) is 6.81. The third-order valence-corrected chi connectivity index (χ3v) is 3.06. The molecule has 0 heterocycles. The normalized spacial score (nSPS) is 13.6. The van der Waals surface area contributed by atoms with E-state index in [0.29, 0.717) is 5.75 Å². The molecule has 0 fully saturated rings. The van der Waals surface area contributed by atoms with Gasteiger partial charge in [-0.1, -0.05) is 18.2 Å². The summed E-state index contributed by atoms with van der Waals surface area (Å²) in [7, 11) is 0. The fraction of sp³-hybridized carbons (Fsp3) is 0.455. The largest absolute Gasteiger partial charge is 0.484 e. The maximum Gasteiger partial charge on any atom is 0.422 e. The van der Waals surface area contributed by atoms with E-state index < -0.39 is 12.8 Å². The van der Waals surface area contributed by atoms with Gasteiger partial charge < -0.3 is 4.74 Å². The van der Waals surface area contributed by atoms with Crippen molar-refractivity contribution in [2.45, 2.75) is 18.3 Å². The minimum absolute atomic E-state index is 0.115. The van der Waals surface area contributed by atoms with Crippen LogP contribution < -0.4 is 4.74 Å². The molecule has 16 heavy (non-hydrogen) atoms. The topological polar surface area (TPSA) is 9.23 Å². The zero-order valence-electron chi connectivity index (χ0n) is 9.04. The van der Waals surface area contributed by atoms with Crippen molar-refractivity contribution in [3.63, 3.8) is 0 Å². The highest BCUT2D eigenvalue weighted by molar-refractivity contribution is 7.98. The number of benzene rings is 1. The molecule has 0 saturated heterocycles. The number of thioether (sulfide) groups is 1. The predicted octanol–water partition coefficient (Wildman–Crippen LogP) is 4.05. The van der Waals surface area contributed by atoms with Gasteiger partial charge in [0, 0.05) is 10.8 Å². The van der Waals surface area contributed by atoms with Crippen molar-refractivity contribution in [1.29, 1.82) is 0 Å². The molecule has 0 aromatic heterocycles. The average Bonchev–Trinajstić information content (AvgIpc) is 2.25. The standard InChI is InChI=1S/C11H13F3OS/c1-8(16-2)9-5-3-4-6-10(9)15-7-11(12,13)14/h3-6,8H,7H2,1-2H3. The molecule has 1 aromatic carbocycles. The summed E-state index contributed by atoms with van der Waals surface area (Å²) >= 11 is 1.56. The zero-order chi connectivity index (χ0) is 12.2. The first-order valence-corrected chi connectivity index (χ1v) is 6.04. The Labute approximate surface area is 97.0 Å². The molecular formula is C11H13F3OS. The average molecular weight is 250 g/mol. The molecule has 0 aliphatic carbocycles. The molecule has 1 aromatic rings. The van der Waals surface area contributed by atoms with Gasteiger partial charge in [-0.15, -0.1) is 0 Å². The van der Waals surface area contributed by atoms with Gasteiger partial charge in [0.1, 0.15) is 5.75 Å². The third kappa shape index (κ3) is 3.96. The minimum Gasteiger partial charge on any atom is -0.484 e. The molecule has 5 heteroatoms. The van der Waals surface area contributed by atoms with E-state index in [1.54, 1.807) is 36.0 Å². The third-order valence-electron chi connectivity index (χ3n) is 2.10. The summed E-state index contributed by atoms with van der Waals surface area (Å²) in [6.07, 6.45) is -2.39. The monoisotopic (exact) mass is 250 g/mol. The van der Waals surface area contributed by atoms with E-state index in [1.165, 1.54) is 0 Å². The van der Waals surface area contributed by atoms with E-state index in [9.17, 15) is 13.2 Å². The van der Waals surface area contributed by atoms with E-state index in [1.807, 2.05) is 13.2 Å². The Morgan fingerprint density at radius 1 is 1.31 bits per heavy atom. The number of alkyl halides is 3. The van der Waals surface area contributed by atoms with Crippen LogP contribution >= 0.6 is 11.8 Å². The van der Waals surface area contributed by atoms with Gasteiger partial charge in [-0.2, -0.15) is 24.9 Å². The van der Waals surface area contributed by atoms with Crippen LogP contribution in [-0.4, -0.2) is 19.0 Å². The van der Waals surface area contributed by atoms with Gasteiger partial charge in [0.05, 0.1) is 0 Å². The van der Waals surface area contributed by atoms with Crippen LogP contribution in [0.1, 0.15) is 17.7 Å². The van der Waals surface area contributed by atoms with Gasteiger partial charge in [0.25, 0.3) is 0 Å². The highest BCUT2D eigenvalue weighted by Crippen LogP contribution is 2.33. The predicted molar refractivity (Wildman–Crippen MR) is 59.9 cm³/mol. The van der Waals surface area contributed by atoms with Crippen LogP contribution in [0.15, 0.2) is 24.3 Å². The highest BCUT2D eigenvalue weighted by atomic mass is 32.2. The molecule has 1 atom stereocenters. The summed E-state index contributed by atoms with van der Waals surface area (Å²) < 4.78 is 40.9. The fourth-order valence-electron chi connectivity index (χ4n) is 1.23. The molecule has 1 rings (SSSR count). The lowest BCUT2D eigenvalue weighted by Gasteiger charge is -2.16. The second kappa shape index (κ2) is 5.48. The van der Waals surface area contributed by atoms with Crippen LogP contribution in [0.2, 0.25) is 0 Å². The maximum absolute atomic E-state index is 12.0. The summed E-state index contributed by atoms with van der Waals surface area (Å²) in [6.45, 7) is 0.686. The molecule has 0 radical (unpaired) electrons. The first-order chi connectivity index (χ1) is 7.44. The van der Waals surface area contributed by atoms with Crippen molar-refractivity contribution in [3.8, 4) is 5.75 Å². The second-order valence-corrected chi connectivity index (χ2v) is 4.50. The van der Waals surface area contributed by atoms with Gasteiger partial charge in [-0.05, 0) is 19.2 Å². The second-order valence-electron chi connectivity index (χ2n) is 3.32. The van der Waals surface area contributed by atoms with Crippen LogP contribution in [0.25, 0.3) is 0 Å². The quantitative estimate of drug-likeness (QED) is 0.797. The van der Waals surface area contributed by atoms with Crippen LogP contribution in [0, 0.1) is 0 Å². The molecule has 1 unspecified atom stereocenters. The maximum atomic E-state index is 12.0. The van der Waals surface area contributed by atoms with E-state index >= 15 is 0 Å². The van der Waals surface area contributed by atoms with Gasteiger partial charge in [0.2, 0.25) is 0 Å². The Bertz CT molecular complexity index is 338. The van der Waals surface area contributed by atoms with Crippen molar-refractivity contribution < 1.29 is 17.9 Å². The summed E-state index contributed by atoms with van der Waals surface area (Å²) in [4.78, 5) is 0. The molecule has 1 nitrogen and oxygen atoms in total. The fourth-order valence-corrected chi connectivity index (χ4v) is 1.68. The molecule has 0 N–H and O–H groups in total. The van der Waals surface area contributed by atoms with Crippen molar-refractivity contribution in [3.05, 3.63) is 29.8 Å². The number of rotatable bonds is 4. The highest BCUT2D eigenvalue weighted by Gasteiger charge is 2.29. The van der Waals surface area contributed by atoms with Gasteiger partial charge in [0.15, 0.2) is 6.61 Å². The van der Waals surface area contributed by atoms with E-state index in [4.69, 9.17) is 4.74 Å². The number of hydrogen-bond donors (Lipinski definition) is 0. The van der Waals surface area contributed by atoms with Crippen molar-refractivity contribution in [1.82, 2.24) is 0 Å². The summed E-state index contributed by atoms with van der Waals surface area (Å²) in [5.41, 5.74) is 0.791. The molecule has 0 aliphatic heterocycles. The van der Waals surface area contributed by atoms with Crippen molar-refractivity contribution >= 4 is 11.8 Å². The Hall–Kier alpha value is -0.840. The zero-order valence-corrected chi connectivity index (χ0v) is 9.86. The van der Waals surface area contributed by atoms with Crippen molar-refractivity contribution in [2.24, 2.45) is 0 Å². The molecule has 90 valence electrons. The molecule has 0 spiro atoms. The van der Waals surface area contributed by atoms with Gasteiger partial charge >= 0.3 is 6.18 Å². The smallest absolute Gasteiger partial charge is 0.422 e. The lowest BCUT2D eigenvalue weighted by atomic mass is 10.1. The van der Waals surface area contributed by atoms with E-state index in [0.717, 1.165) is 5.56 Å². The molecule has 0 saturated carbocycles. The SMILES string of the molecule is CSC(C)c1ccccc1OCC(F)(F)F. The molecule has 0 bridgehead atoms. The van der Waals surface area contributed by atoms with Crippen LogP contribution in [0.3, 0.4) is 0 Å². The molecular weight excluding hydrogens is 237 g/mol. The summed E-state index contributed by atoms with van der Waals surface area (Å²) in [5.74, 6) is 0.307. The van der Waals surface area contributed by atoms with Gasteiger partial charge in [-0.3, -0.25) is 0 Å². The lowest BCUT2D eigenvalue weighted by molar-refractivity contribution is -0.153. The van der Waals surface area contributed by atoms with E-state index in [2.05, 4.69) is 0 Å². The number of hydrogen-bond acceptors (Lipinski definition) is 2. The first-order valence-electron chi connectivity index (χ1n) is 4.75. The van der Waals surface area contributed by atoms with Gasteiger partial charge in [-0.25, -0.2) is 0 Å². The van der Waals surface area contributed by atoms with Crippen LogP contribution in [-0.2, 0) is 0 Å². The van der Waals surface area contributed by atoms with Crippen LogP contribution in [0.5, 0.6) is 5.75 Å².